The molecule has 3 aromatic carbocycles. The number of fused-ring (bicyclic) bond motifs is 1. The first kappa shape index (κ1) is 24.3. The maximum atomic E-state index is 13.7. The number of carbonyl (C=O) groups is 1. The van der Waals surface area contributed by atoms with Crippen LogP contribution in [0.4, 0.5) is 11.6 Å². The number of para-hydroxylation sites is 2. The summed E-state index contributed by atoms with van der Waals surface area (Å²) in [5.74, 6) is 1.40. The number of tetrazole rings is 1. The molecular weight excluding hydrogens is 492 g/mol. The normalized spacial score (nSPS) is 14.5. The lowest BCUT2D eigenvalue weighted by atomic mass is 9.94. The average molecular weight is 517 g/mol. The Hall–Kier alpha value is -4.37. The van der Waals surface area contributed by atoms with Crippen molar-refractivity contribution in [1.82, 2.24) is 20.2 Å². The van der Waals surface area contributed by atoms with Crippen LogP contribution in [0.3, 0.4) is 0 Å². The molecule has 0 saturated carbocycles. The molecule has 1 aliphatic rings. The summed E-state index contributed by atoms with van der Waals surface area (Å²) in [4.78, 5) is 13.7. The molecule has 9 nitrogen and oxygen atoms in total. The average Bonchev–Trinajstić information content (AvgIpc) is 3.37. The van der Waals surface area contributed by atoms with Gasteiger partial charge in [0, 0.05) is 10.7 Å². The fraction of sp³-hybridized carbons (Fsp3) is 0.185. The molecule has 4 aromatic rings. The monoisotopic (exact) mass is 516 g/mol. The zero-order chi connectivity index (χ0) is 25.8. The van der Waals surface area contributed by atoms with Crippen molar-refractivity contribution in [2.24, 2.45) is 0 Å². The molecule has 1 aliphatic heterocycles. The molecule has 1 unspecified atom stereocenters. The smallest absolute Gasteiger partial charge is 0.255 e. The molecule has 0 spiro atoms. The van der Waals surface area contributed by atoms with Crippen LogP contribution in [0, 0.1) is 0 Å². The van der Waals surface area contributed by atoms with Gasteiger partial charge in [-0.2, -0.15) is 4.68 Å². The van der Waals surface area contributed by atoms with Gasteiger partial charge >= 0.3 is 0 Å². The van der Waals surface area contributed by atoms with E-state index in [1.54, 1.807) is 10.7 Å². The van der Waals surface area contributed by atoms with Crippen molar-refractivity contribution >= 4 is 29.1 Å². The van der Waals surface area contributed by atoms with Crippen molar-refractivity contribution in [3.8, 4) is 11.5 Å². The summed E-state index contributed by atoms with van der Waals surface area (Å²) in [6.45, 7) is 4.58. The molecular formula is C27H25ClN6O3. The molecule has 1 atom stereocenters. The minimum Gasteiger partial charge on any atom is -0.492 e. The van der Waals surface area contributed by atoms with Gasteiger partial charge in [0.15, 0.2) is 0 Å². The summed E-state index contributed by atoms with van der Waals surface area (Å²) in [6.07, 6.45) is 0. The number of nitrogens with one attached hydrogen (secondary N) is 2. The van der Waals surface area contributed by atoms with E-state index in [0.29, 0.717) is 52.6 Å². The molecule has 0 fully saturated rings. The Morgan fingerprint density at radius 2 is 1.89 bits per heavy atom. The summed E-state index contributed by atoms with van der Waals surface area (Å²) in [7, 11) is 0. The highest BCUT2D eigenvalue weighted by Gasteiger charge is 2.34. The van der Waals surface area contributed by atoms with E-state index >= 15 is 0 Å². The molecule has 0 aliphatic carbocycles. The highest BCUT2D eigenvalue weighted by atomic mass is 35.5. The van der Waals surface area contributed by atoms with Crippen molar-refractivity contribution in [2.75, 3.05) is 17.2 Å². The van der Waals surface area contributed by atoms with Crippen molar-refractivity contribution in [3.05, 3.63) is 100 Å². The predicted octanol–water partition coefficient (Wildman–Crippen LogP) is 5.23. The Balaban J connectivity index is 1.45. The van der Waals surface area contributed by atoms with Crippen LogP contribution in [0.5, 0.6) is 11.5 Å². The van der Waals surface area contributed by atoms with Gasteiger partial charge in [0.2, 0.25) is 5.95 Å². The number of aromatic nitrogens is 4. The van der Waals surface area contributed by atoms with E-state index in [0.717, 1.165) is 11.1 Å². The molecule has 37 heavy (non-hydrogen) atoms. The van der Waals surface area contributed by atoms with Gasteiger partial charge in [-0.25, -0.2) is 0 Å². The van der Waals surface area contributed by atoms with Gasteiger partial charge in [0.05, 0.1) is 17.9 Å². The largest absolute Gasteiger partial charge is 0.492 e. The van der Waals surface area contributed by atoms with Crippen LogP contribution in [0.25, 0.3) is 0 Å². The maximum Gasteiger partial charge on any atom is 0.255 e. The molecule has 0 radical (unpaired) electrons. The number of allylic oxidation sites excluding steroid dienone is 1. The number of ether oxygens (including phenoxy) is 2. The summed E-state index contributed by atoms with van der Waals surface area (Å²) in [5.41, 5.74) is 3.48. The van der Waals surface area contributed by atoms with Crippen LogP contribution < -0.4 is 20.1 Å². The van der Waals surface area contributed by atoms with E-state index < -0.39 is 6.04 Å². The molecule has 0 bridgehead atoms. The minimum absolute atomic E-state index is 0.296. The van der Waals surface area contributed by atoms with Gasteiger partial charge in [0.25, 0.3) is 5.91 Å². The molecule has 1 aromatic heterocycles. The molecule has 2 N–H and O–H groups in total. The van der Waals surface area contributed by atoms with Gasteiger partial charge < -0.3 is 20.1 Å². The van der Waals surface area contributed by atoms with Crippen LogP contribution >= 0.6 is 11.6 Å². The second-order valence-corrected chi connectivity index (χ2v) is 8.82. The van der Waals surface area contributed by atoms with E-state index in [4.69, 9.17) is 21.1 Å². The lowest BCUT2D eigenvalue weighted by Gasteiger charge is -2.28. The fourth-order valence-corrected chi connectivity index (χ4v) is 4.30. The highest BCUT2D eigenvalue weighted by Crippen LogP contribution is 2.36. The number of benzene rings is 3. The second kappa shape index (κ2) is 10.7. The topological polar surface area (TPSA) is 103 Å². The van der Waals surface area contributed by atoms with Gasteiger partial charge in [-0.3, -0.25) is 4.79 Å². The molecule has 5 rings (SSSR count). The number of halogens is 1. The van der Waals surface area contributed by atoms with E-state index in [1.165, 1.54) is 0 Å². The van der Waals surface area contributed by atoms with E-state index in [9.17, 15) is 4.79 Å². The highest BCUT2D eigenvalue weighted by molar-refractivity contribution is 6.30. The first-order chi connectivity index (χ1) is 18.0. The van der Waals surface area contributed by atoms with Crippen LogP contribution in [0.2, 0.25) is 5.02 Å². The Bertz CT molecular complexity index is 1450. The molecule has 2 heterocycles. The standard InChI is InChI=1S/C27H25ClN6O3/c1-3-36-23-10-5-4-9-22(23)30-26(35)24-17(2)29-27-31-32-33-34(27)25(24)19-7-6-8-21(15-19)37-16-18-11-13-20(28)14-12-18/h4-15,25H,3,16H2,1-2H3,(H,30,35)(H,29,31,33). The van der Waals surface area contributed by atoms with Gasteiger partial charge in [0.1, 0.15) is 24.1 Å². The number of anilines is 2. The molecule has 1 amide bonds. The van der Waals surface area contributed by atoms with Crippen LogP contribution in [-0.4, -0.2) is 32.7 Å². The van der Waals surface area contributed by atoms with Crippen molar-refractivity contribution < 1.29 is 14.3 Å². The van der Waals surface area contributed by atoms with Crippen LogP contribution in [0.1, 0.15) is 31.0 Å². The van der Waals surface area contributed by atoms with E-state index in [1.807, 2.05) is 80.6 Å². The SMILES string of the molecule is CCOc1ccccc1NC(=O)C1=C(C)Nc2nnnn2C1c1cccc(OCc2ccc(Cl)cc2)c1. The summed E-state index contributed by atoms with van der Waals surface area (Å²) in [5, 5.41) is 18.9. The zero-order valence-electron chi connectivity index (χ0n) is 20.3. The van der Waals surface area contributed by atoms with Gasteiger partial charge in [-0.15, -0.1) is 0 Å². The molecule has 0 saturated heterocycles. The van der Waals surface area contributed by atoms with E-state index in [2.05, 4.69) is 26.2 Å². The lowest BCUT2D eigenvalue weighted by Crippen LogP contribution is -2.31. The Kier molecular flexibility index (Phi) is 7.04. The van der Waals surface area contributed by atoms with Crippen molar-refractivity contribution in [3.63, 3.8) is 0 Å². The fourth-order valence-electron chi connectivity index (χ4n) is 4.18. The third-order valence-corrected chi connectivity index (χ3v) is 6.14. The molecule has 188 valence electrons. The third-order valence-electron chi connectivity index (χ3n) is 5.89. The summed E-state index contributed by atoms with van der Waals surface area (Å²) in [6, 6.07) is 21.8. The van der Waals surface area contributed by atoms with Crippen LogP contribution in [0.15, 0.2) is 84.1 Å². The van der Waals surface area contributed by atoms with Crippen LogP contribution in [-0.2, 0) is 11.4 Å². The quantitative estimate of drug-likeness (QED) is 0.330. The Morgan fingerprint density at radius 3 is 2.70 bits per heavy atom. The number of hydrogen-bond donors (Lipinski definition) is 2. The molecule has 10 heteroatoms. The number of nitrogens with zero attached hydrogens (tertiary/aromatic N) is 4. The van der Waals surface area contributed by atoms with Crippen molar-refractivity contribution in [2.45, 2.75) is 26.5 Å². The maximum absolute atomic E-state index is 13.7. The number of hydrogen-bond acceptors (Lipinski definition) is 7. The third kappa shape index (κ3) is 5.26. The Morgan fingerprint density at radius 1 is 1.08 bits per heavy atom. The van der Waals surface area contributed by atoms with Crippen molar-refractivity contribution in [1.29, 1.82) is 0 Å². The second-order valence-electron chi connectivity index (χ2n) is 8.38. The van der Waals surface area contributed by atoms with Gasteiger partial charge in [-0.1, -0.05) is 53.1 Å². The predicted molar refractivity (Wildman–Crippen MR) is 141 cm³/mol. The minimum atomic E-state index is -0.579. The summed E-state index contributed by atoms with van der Waals surface area (Å²) < 4.78 is 13.3. The zero-order valence-corrected chi connectivity index (χ0v) is 21.1. The summed E-state index contributed by atoms with van der Waals surface area (Å²) >= 11 is 5.99. The number of amides is 1. The van der Waals surface area contributed by atoms with E-state index in [-0.39, 0.29) is 5.91 Å². The number of carbonyl (C=O) groups excluding carboxylic acids is 1. The first-order valence-electron chi connectivity index (χ1n) is 11.8. The first-order valence-corrected chi connectivity index (χ1v) is 12.2. The number of rotatable bonds is 8. The Labute approximate surface area is 219 Å². The van der Waals surface area contributed by atoms with Gasteiger partial charge in [-0.05, 0) is 71.8 Å². The lowest BCUT2D eigenvalue weighted by molar-refractivity contribution is -0.113.